The van der Waals surface area contributed by atoms with Gasteiger partial charge in [0.1, 0.15) is 0 Å². The summed E-state index contributed by atoms with van der Waals surface area (Å²) in [7, 11) is 1.82. The van der Waals surface area contributed by atoms with Gasteiger partial charge < -0.3 is 10.6 Å². The Kier molecular flexibility index (Phi) is 3.68. The van der Waals surface area contributed by atoms with Crippen molar-refractivity contribution in [2.45, 2.75) is 32.7 Å². The number of thiazole rings is 1. The van der Waals surface area contributed by atoms with Gasteiger partial charge in [-0.1, -0.05) is 0 Å². The molecule has 0 radical (unpaired) electrons. The third kappa shape index (κ3) is 4.29. The molecule has 1 amide bonds. The average molecular weight is 227 g/mol. The van der Waals surface area contributed by atoms with E-state index in [2.05, 4.69) is 15.6 Å². The number of carbonyl (C=O) groups is 1. The highest BCUT2D eigenvalue weighted by Gasteiger charge is 2.14. The van der Waals surface area contributed by atoms with E-state index in [1.54, 1.807) is 0 Å². The molecule has 0 atom stereocenters. The lowest BCUT2D eigenvalue weighted by Crippen LogP contribution is -2.41. The van der Waals surface area contributed by atoms with Crippen molar-refractivity contribution in [2.24, 2.45) is 0 Å². The number of carbonyl (C=O) groups excluding carboxylic acids is 1. The summed E-state index contributed by atoms with van der Waals surface area (Å²) >= 11 is 1.51. The summed E-state index contributed by atoms with van der Waals surface area (Å²) < 4.78 is 0. The van der Waals surface area contributed by atoms with Crippen molar-refractivity contribution in [3.63, 3.8) is 0 Å². The topological polar surface area (TPSA) is 54.0 Å². The van der Waals surface area contributed by atoms with Crippen molar-refractivity contribution in [1.29, 1.82) is 0 Å². The summed E-state index contributed by atoms with van der Waals surface area (Å²) in [6.07, 6.45) is 0.343. The smallest absolute Gasteiger partial charge is 0.226 e. The van der Waals surface area contributed by atoms with E-state index in [1.165, 1.54) is 11.3 Å². The number of nitrogens with one attached hydrogen (secondary N) is 2. The van der Waals surface area contributed by atoms with Crippen LogP contribution in [0.1, 0.15) is 26.5 Å². The van der Waals surface area contributed by atoms with Crippen LogP contribution < -0.4 is 10.6 Å². The zero-order valence-corrected chi connectivity index (χ0v) is 10.4. The Morgan fingerprint density at radius 1 is 1.53 bits per heavy atom. The lowest BCUT2D eigenvalue weighted by Gasteiger charge is -2.19. The summed E-state index contributed by atoms with van der Waals surface area (Å²) in [5, 5.41) is 8.58. The van der Waals surface area contributed by atoms with Gasteiger partial charge in [0.25, 0.3) is 0 Å². The summed E-state index contributed by atoms with van der Waals surface area (Å²) in [5.41, 5.74) is 0.630. The van der Waals surface area contributed by atoms with E-state index in [1.807, 2.05) is 33.2 Å². The molecule has 1 aromatic rings. The minimum atomic E-state index is -0.182. The Morgan fingerprint density at radius 2 is 2.20 bits per heavy atom. The molecule has 0 spiro atoms. The lowest BCUT2D eigenvalue weighted by atomic mass is 10.1. The minimum absolute atomic E-state index is 0.00968. The predicted octanol–water partition coefficient (Wildman–Crippen LogP) is 1.64. The molecule has 84 valence electrons. The second-order valence-electron chi connectivity index (χ2n) is 4.37. The Labute approximate surface area is 94.1 Å². The number of anilines is 1. The Morgan fingerprint density at radius 3 is 2.67 bits per heavy atom. The van der Waals surface area contributed by atoms with Crippen LogP contribution in [0.3, 0.4) is 0 Å². The van der Waals surface area contributed by atoms with E-state index in [9.17, 15) is 4.79 Å². The van der Waals surface area contributed by atoms with E-state index in [0.29, 0.717) is 6.42 Å². The van der Waals surface area contributed by atoms with Gasteiger partial charge in [0.15, 0.2) is 5.13 Å². The number of hydrogen-bond donors (Lipinski definition) is 2. The minimum Gasteiger partial charge on any atom is -0.365 e. The van der Waals surface area contributed by atoms with Crippen LogP contribution in [0.15, 0.2) is 5.38 Å². The molecular weight excluding hydrogens is 210 g/mol. The molecule has 0 bridgehead atoms. The first-order valence-corrected chi connectivity index (χ1v) is 5.72. The average Bonchev–Trinajstić information content (AvgIpc) is 2.48. The highest BCUT2D eigenvalue weighted by Crippen LogP contribution is 2.14. The Balaban J connectivity index is 2.51. The number of nitrogens with zero attached hydrogens (tertiary/aromatic N) is 1. The van der Waals surface area contributed by atoms with E-state index in [4.69, 9.17) is 0 Å². The molecule has 1 rings (SSSR count). The van der Waals surface area contributed by atoms with Gasteiger partial charge >= 0.3 is 0 Å². The third-order valence-corrected chi connectivity index (χ3v) is 2.53. The molecular formula is C10H17N3OS. The SMILES string of the molecule is CNc1nc(CC(=O)NC(C)(C)C)cs1. The Hall–Kier alpha value is -1.10. The molecule has 0 aliphatic heterocycles. The van der Waals surface area contributed by atoms with Gasteiger partial charge in [-0.3, -0.25) is 4.79 Å². The molecule has 4 nitrogen and oxygen atoms in total. The summed E-state index contributed by atoms with van der Waals surface area (Å²) in [6.45, 7) is 5.89. The summed E-state index contributed by atoms with van der Waals surface area (Å²) in [6, 6.07) is 0. The second-order valence-corrected chi connectivity index (χ2v) is 5.23. The molecule has 1 heterocycles. The van der Waals surface area contributed by atoms with Gasteiger partial charge in [-0.05, 0) is 20.8 Å². The van der Waals surface area contributed by atoms with Crippen LogP contribution in [0.25, 0.3) is 0 Å². The molecule has 2 N–H and O–H groups in total. The van der Waals surface area contributed by atoms with Crippen molar-refractivity contribution in [1.82, 2.24) is 10.3 Å². The van der Waals surface area contributed by atoms with Crippen molar-refractivity contribution in [3.8, 4) is 0 Å². The van der Waals surface area contributed by atoms with Crippen molar-refractivity contribution in [3.05, 3.63) is 11.1 Å². The van der Waals surface area contributed by atoms with Crippen molar-refractivity contribution in [2.75, 3.05) is 12.4 Å². The van der Waals surface area contributed by atoms with Crippen molar-refractivity contribution >= 4 is 22.4 Å². The van der Waals surface area contributed by atoms with Gasteiger partial charge in [0.05, 0.1) is 12.1 Å². The van der Waals surface area contributed by atoms with Crippen LogP contribution in [-0.2, 0) is 11.2 Å². The maximum absolute atomic E-state index is 11.6. The van der Waals surface area contributed by atoms with E-state index < -0.39 is 0 Å². The van der Waals surface area contributed by atoms with E-state index >= 15 is 0 Å². The maximum atomic E-state index is 11.6. The van der Waals surface area contributed by atoms with Gasteiger partial charge in [0, 0.05) is 18.0 Å². The van der Waals surface area contributed by atoms with E-state index in [-0.39, 0.29) is 11.4 Å². The van der Waals surface area contributed by atoms with Crippen LogP contribution in [0, 0.1) is 0 Å². The first-order valence-electron chi connectivity index (χ1n) is 4.84. The molecule has 1 aromatic heterocycles. The first-order chi connectivity index (χ1) is 6.90. The highest BCUT2D eigenvalue weighted by molar-refractivity contribution is 7.13. The van der Waals surface area contributed by atoms with E-state index in [0.717, 1.165) is 10.8 Å². The molecule has 0 aliphatic rings. The molecule has 0 aliphatic carbocycles. The van der Waals surface area contributed by atoms with Crippen LogP contribution in [-0.4, -0.2) is 23.5 Å². The first kappa shape index (κ1) is 12.0. The van der Waals surface area contributed by atoms with Crippen LogP contribution >= 0.6 is 11.3 Å². The zero-order valence-electron chi connectivity index (χ0n) is 9.55. The predicted molar refractivity (Wildman–Crippen MR) is 63.3 cm³/mol. The fourth-order valence-electron chi connectivity index (χ4n) is 1.13. The van der Waals surface area contributed by atoms with Gasteiger partial charge in [-0.25, -0.2) is 4.98 Å². The second kappa shape index (κ2) is 4.61. The summed E-state index contributed by atoms with van der Waals surface area (Å²) in [4.78, 5) is 15.8. The molecule has 0 fully saturated rings. The lowest BCUT2D eigenvalue weighted by molar-refractivity contribution is -0.121. The van der Waals surface area contributed by atoms with Gasteiger partial charge in [-0.2, -0.15) is 0 Å². The van der Waals surface area contributed by atoms with Gasteiger partial charge in [-0.15, -0.1) is 11.3 Å². The fourth-order valence-corrected chi connectivity index (χ4v) is 1.80. The van der Waals surface area contributed by atoms with Crippen LogP contribution in [0.4, 0.5) is 5.13 Å². The number of amides is 1. The standard InChI is InChI=1S/C10H17N3OS/c1-10(2,3)13-8(14)5-7-6-15-9(11-4)12-7/h6H,5H2,1-4H3,(H,11,12)(H,13,14). The normalized spacial score (nSPS) is 11.2. The number of rotatable bonds is 3. The fraction of sp³-hybridized carbons (Fsp3) is 0.600. The third-order valence-electron chi connectivity index (χ3n) is 1.62. The Bertz CT molecular complexity index is 341. The molecule has 0 saturated heterocycles. The highest BCUT2D eigenvalue weighted by atomic mass is 32.1. The summed E-state index contributed by atoms with van der Waals surface area (Å²) in [5.74, 6) is 0.00968. The van der Waals surface area contributed by atoms with Crippen LogP contribution in [0.5, 0.6) is 0 Å². The maximum Gasteiger partial charge on any atom is 0.226 e. The zero-order chi connectivity index (χ0) is 11.5. The molecule has 0 unspecified atom stereocenters. The van der Waals surface area contributed by atoms with Gasteiger partial charge in [0.2, 0.25) is 5.91 Å². The molecule has 15 heavy (non-hydrogen) atoms. The quantitative estimate of drug-likeness (QED) is 0.825. The van der Waals surface area contributed by atoms with Crippen molar-refractivity contribution < 1.29 is 4.79 Å². The molecule has 0 aromatic carbocycles. The largest absolute Gasteiger partial charge is 0.365 e. The molecule has 0 saturated carbocycles. The number of aromatic nitrogens is 1. The van der Waals surface area contributed by atoms with Crippen LogP contribution in [0.2, 0.25) is 0 Å². The monoisotopic (exact) mass is 227 g/mol. The molecule has 5 heteroatoms. The number of hydrogen-bond acceptors (Lipinski definition) is 4.